The predicted octanol–water partition coefficient (Wildman–Crippen LogP) is 5.23. The van der Waals surface area contributed by atoms with Crippen LogP contribution in [0.2, 0.25) is 0 Å². The molecule has 0 fully saturated rings. The van der Waals surface area contributed by atoms with Gasteiger partial charge >= 0.3 is 0 Å². The van der Waals surface area contributed by atoms with Crippen LogP contribution in [0.15, 0.2) is 48.5 Å². The maximum atomic E-state index is 6.01. The molecule has 0 heterocycles. The monoisotopic (exact) mass is 283 g/mol. The molecular weight excluding hydrogens is 258 g/mol. The van der Waals surface area contributed by atoms with Crippen LogP contribution in [0, 0.1) is 0 Å². The molecule has 2 nitrogen and oxygen atoms in total. The summed E-state index contributed by atoms with van der Waals surface area (Å²) in [6.07, 6.45) is 4.55. The number of rotatable bonds is 7. The summed E-state index contributed by atoms with van der Waals surface area (Å²) in [5.41, 5.74) is 8.53. The quantitative estimate of drug-likeness (QED) is 0.755. The molecule has 2 N–H and O–H groups in total. The standard InChI is InChI=1S/C19H25NO/c1-3-5-6-15-7-11-17(12-8-15)21-18-13-9-16(10-14-18)19(20)4-2/h7-14,19H,3-6,20H2,1-2H3/t19-/m1/s1. The lowest BCUT2D eigenvalue weighted by atomic mass is 10.1. The molecule has 112 valence electrons. The van der Waals surface area contributed by atoms with Crippen molar-refractivity contribution in [2.75, 3.05) is 0 Å². The minimum atomic E-state index is 0.108. The molecule has 21 heavy (non-hydrogen) atoms. The van der Waals surface area contributed by atoms with Gasteiger partial charge in [0.1, 0.15) is 11.5 Å². The van der Waals surface area contributed by atoms with Gasteiger partial charge in [0, 0.05) is 6.04 Å². The lowest BCUT2D eigenvalue weighted by Crippen LogP contribution is -2.07. The Balaban J connectivity index is 1.97. The van der Waals surface area contributed by atoms with Crippen LogP contribution in [0.3, 0.4) is 0 Å². The molecule has 0 saturated carbocycles. The highest BCUT2D eigenvalue weighted by atomic mass is 16.5. The molecule has 0 radical (unpaired) electrons. The molecule has 0 aliphatic carbocycles. The highest BCUT2D eigenvalue weighted by Crippen LogP contribution is 2.24. The zero-order valence-electron chi connectivity index (χ0n) is 13.0. The van der Waals surface area contributed by atoms with Crippen LogP contribution in [-0.2, 0) is 6.42 Å². The number of ether oxygens (including phenoxy) is 1. The Morgan fingerprint density at radius 3 is 2.00 bits per heavy atom. The van der Waals surface area contributed by atoms with E-state index in [9.17, 15) is 0 Å². The number of unbranched alkanes of at least 4 members (excludes halogenated alkanes) is 1. The summed E-state index contributed by atoms with van der Waals surface area (Å²) in [5, 5.41) is 0. The second-order valence-electron chi connectivity index (χ2n) is 5.43. The molecule has 2 heteroatoms. The first-order valence-corrected chi connectivity index (χ1v) is 7.85. The van der Waals surface area contributed by atoms with Crippen LogP contribution in [0.1, 0.15) is 50.3 Å². The van der Waals surface area contributed by atoms with E-state index in [2.05, 4.69) is 26.0 Å². The molecule has 0 bridgehead atoms. The molecule has 0 saturated heterocycles. The van der Waals surface area contributed by atoms with Crippen LogP contribution in [-0.4, -0.2) is 0 Å². The van der Waals surface area contributed by atoms with Crippen molar-refractivity contribution < 1.29 is 4.74 Å². The average Bonchev–Trinajstić information content (AvgIpc) is 2.54. The molecule has 0 amide bonds. The van der Waals surface area contributed by atoms with E-state index in [1.54, 1.807) is 0 Å². The molecular formula is C19H25NO. The van der Waals surface area contributed by atoms with Crippen molar-refractivity contribution in [3.8, 4) is 11.5 Å². The average molecular weight is 283 g/mol. The summed E-state index contributed by atoms with van der Waals surface area (Å²) in [4.78, 5) is 0. The topological polar surface area (TPSA) is 35.2 Å². The Hall–Kier alpha value is -1.80. The number of aryl methyl sites for hydroxylation is 1. The van der Waals surface area contributed by atoms with Gasteiger partial charge in [0.2, 0.25) is 0 Å². The fraction of sp³-hybridized carbons (Fsp3) is 0.368. The Kier molecular flexibility index (Phi) is 5.82. The van der Waals surface area contributed by atoms with Crippen molar-refractivity contribution in [3.05, 3.63) is 59.7 Å². The molecule has 0 unspecified atom stereocenters. The van der Waals surface area contributed by atoms with Gasteiger partial charge < -0.3 is 10.5 Å². The number of hydrogen-bond acceptors (Lipinski definition) is 2. The van der Waals surface area contributed by atoms with E-state index in [4.69, 9.17) is 10.5 Å². The van der Waals surface area contributed by atoms with Crippen molar-refractivity contribution in [2.24, 2.45) is 5.73 Å². The largest absolute Gasteiger partial charge is 0.457 e. The summed E-state index contributed by atoms with van der Waals surface area (Å²) in [6.45, 7) is 4.31. The van der Waals surface area contributed by atoms with Gasteiger partial charge in [-0.2, -0.15) is 0 Å². The Morgan fingerprint density at radius 2 is 1.48 bits per heavy atom. The number of hydrogen-bond donors (Lipinski definition) is 1. The number of nitrogens with two attached hydrogens (primary N) is 1. The minimum absolute atomic E-state index is 0.108. The fourth-order valence-corrected chi connectivity index (χ4v) is 2.26. The lowest BCUT2D eigenvalue weighted by molar-refractivity contribution is 0.482. The zero-order valence-corrected chi connectivity index (χ0v) is 13.0. The Bertz CT molecular complexity index is 530. The van der Waals surface area contributed by atoms with Crippen LogP contribution in [0.25, 0.3) is 0 Å². The SMILES string of the molecule is CCCCc1ccc(Oc2ccc([C@H](N)CC)cc2)cc1. The van der Waals surface area contributed by atoms with Crippen molar-refractivity contribution >= 4 is 0 Å². The van der Waals surface area contributed by atoms with E-state index in [-0.39, 0.29) is 6.04 Å². The number of benzene rings is 2. The third-order valence-corrected chi connectivity index (χ3v) is 3.73. The zero-order chi connectivity index (χ0) is 15.1. The molecule has 0 aliphatic heterocycles. The van der Waals surface area contributed by atoms with Crippen molar-refractivity contribution in [1.29, 1.82) is 0 Å². The van der Waals surface area contributed by atoms with Crippen molar-refractivity contribution in [2.45, 2.75) is 45.6 Å². The molecule has 1 atom stereocenters. The van der Waals surface area contributed by atoms with Crippen LogP contribution in [0.4, 0.5) is 0 Å². The summed E-state index contributed by atoms with van der Waals surface area (Å²) < 4.78 is 5.87. The third kappa shape index (κ3) is 4.61. The Morgan fingerprint density at radius 1 is 0.905 bits per heavy atom. The maximum Gasteiger partial charge on any atom is 0.127 e. The minimum Gasteiger partial charge on any atom is -0.457 e. The van der Waals surface area contributed by atoms with E-state index in [1.807, 2.05) is 36.4 Å². The molecule has 2 aromatic rings. The first kappa shape index (κ1) is 15.6. The van der Waals surface area contributed by atoms with Gasteiger partial charge in [0.05, 0.1) is 0 Å². The highest BCUT2D eigenvalue weighted by molar-refractivity contribution is 5.35. The van der Waals surface area contributed by atoms with Crippen LogP contribution >= 0.6 is 0 Å². The summed E-state index contributed by atoms with van der Waals surface area (Å²) >= 11 is 0. The predicted molar refractivity (Wildman–Crippen MR) is 88.8 cm³/mol. The van der Waals surface area contributed by atoms with Gasteiger partial charge in [-0.1, -0.05) is 44.5 Å². The van der Waals surface area contributed by atoms with Crippen LogP contribution in [0.5, 0.6) is 11.5 Å². The summed E-state index contributed by atoms with van der Waals surface area (Å²) in [5.74, 6) is 1.73. The molecule has 0 spiro atoms. The van der Waals surface area contributed by atoms with E-state index in [1.165, 1.54) is 18.4 Å². The Labute approximate surface area is 127 Å². The fourth-order valence-electron chi connectivity index (χ4n) is 2.26. The van der Waals surface area contributed by atoms with Gasteiger partial charge in [-0.05, 0) is 54.7 Å². The van der Waals surface area contributed by atoms with Gasteiger partial charge in [0.25, 0.3) is 0 Å². The van der Waals surface area contributed by atoms with E-state index in [0.717, 1.165) is 29.9 Å². The first-order valence-electron chi connectivity index (χ1n) is 7.85. The van der Waals surface area contributed by atoms with E-state index < -0.39 is 0 Å². The third-order valence-electron chi connectivity index (χ3n) is 3.73. The normalized spacial score (nSPS) is 12.1. The van der Waals surface area contributed by atoms with Gasteiger partial charge in [-0.25, -0.2) is 0 Å². The van der Waals surface area contributed by atoms with Crippen LogP contribution < -0.4 is 10.5 Å². The molecule has 0 aromatic heterocycles. The molecule has 2 aromatic carbocycles. The first-order chi connectivity index (χ1) is 10.2. The van der Waals surface area contributed by atoms with Crippen molar-refractivity contribution in [3.63, 3.8) is 0 Å². The van der Waals surface area contributed by atoms with E-state index >= 15 is 0 Å². The summed E-state index contributed by atoms with van der Waals surface area (Å²) in [6, 6.07) is 16.5. The smallest absolute Gasteiger partial charge is 0.127 e. The van der Waals surface area contributed by atoms with Gasteiger partial charge in [0.15, 0.2) is 0 Å². The second kappa shape index (κ2) is 7.84. The summed E-state index contributed by atoms with van der Waals surface area (Å²) in [7, 11) is 0. The van der Waals surface area contributed by atoms with Crippen molar-refractivity contribution in [1.82, 2.24) is 0 Å². The van der Waals surface area contributed by atoms with Gasteiger partial charge in [-0.15, -0.1) is 0 Å². The maximum absolute atomic E-state index is 6.01. The second-order valence-corrected chi connectivity index (χ2v) is 5.43. The molecule has 2 rings (SSSR count). The van der Waals surface area contributed by atoms with E-state index in [0.29, 0.717) is 0 Å². The molecule has 0 aliphatic rings. The highest BCUT2D eigenvalue weighted by Gasteiger charge is 2.03. The van der Waals surface area contributed by atoms with Gasteiger partial charge in [-0.3, -0.25) is 0 Å². The lowest BCUT2D eigenvalue weighted by Gasteiger charge is -2.11.